The number of hydrogen-bond donors (Lipinski definition) is 1. The smallest absolute Gasteiger partial charge is 0.127 e. The number of hydrogen-bond acceptors (Lipinski definition) is 2. The predicted octanol–water partition coefficient (Wildman–Crippen LogP) is 3.70. The summed E-state index contributed by atoms with van der Waals surface area (Å²) in [6.45, 7) is 1.67. The zero-order valence-corrected chi connectivity index (χ0v) is 10.9. The summed E-state index contributed by atoms with van der Waals surface area (Å²) in [5, 5.41) is 0. The van der Waals surface area contributed by atoms with Crippen LogP contribution < -0.4 is 10.5 Å². The van der Waals surface area contributed by atoms with Crippen LogP contribution in [0.4, 0.5) is 13.2 Å². The highest BCUT2D eigenvalue weighted by Crippen LogP contribution is 2.25. The molecule has 0 aliphatic heterocycles. The van der Waals surface area contributed by atoms with Crippen LogP contribution in [-0.4, -0.2) is 0 Å². The van der Waals surface area contributed by atoms with Crippen molar-refractivity contribution >= 4 is 0 Å². The largest absolute Gasteiger partial charge is 0.488 e. The van der Waals surface area contributed by atoms with Gasteiger partial charge in [0.05, 0.1) is 0 Å². The lowest BCUT2D eigenvalue weighted by Crippen LogP contribution is -2.08. The molecule has 20 heavy (non-hydrogen) atoms. The fourth-order valence-electron chi connectivity index (χ4n) is 1.86. The van der Waals surface area contributed by atoms with Crippen LogP contribution in [0, 0.1) is 17.5 Å². The number of rotatable bonds is 4. The van der Waals surface area contributed by atoms with Crippen molar-refractivity contribution in [2.45, 2.75) is 19.6 Å². The number of halogens is 3. The van der Waals surface area contributed by atoms with Crippen molar-refractivity contribution in [1.82, 2.24) is 0 Å². The van der Waals surface area contributed by atoms with Gasteiger partial charge in [-0.25, -0.2) is 13.2 Å². The minimum atomic E-state index is -0.685. The van der Waals surface area contributed by atoms with E-state index in [0.717, 1.165) is 18.2 Å². The van der Waals surface area contributed by atoms with Gasteiger partial charge in [-0.2, -0.15) is 0 Å². The van der Waals surface area contributed by atoms with Crippen LogP contribution in [0.1, 0.15) is 24.1 Å². The van der Waals surface area contributed by atoms with Crippen molar-refractivity contribution in [3.8, 4) is 5.75 Å². The highest BCUT2D eigenvalue weighted by Gasteiger charge is 2.10. The molecule has 0 unspecified atom stereocenters. The molecule has 2 aromatic carbocycles. The maximum absolute atomic E-state index is 13.2. The molecule has 0 aliphatic carbocycles. The molecule has 0 bridgehead atoms. The molecule has 2 aromatic rings. The molecule has 0 saturated carbocycles. The van der Waals surface area contributed by atoms with Crippen LogP contribution in [0.5, 0.6) is 5.75 Å². The summed E-state index contributed by atoms with van der Waals surface area (Å²) in [6.07, 6.45) is 0. The maximum atomic E-state index is 13.2. The van der Waals surface area contributed by atoms with Crippen molar-refractivity contribution in [3.05, 3.63) is 65.0 Å². The molecule has 0 heterocycles. The fraction of sp³-hybridized carbons (Fsp3) is 0.200. The third kappa shape index (κ3) is 3.51. The van der Waals surface area contributed by atoms with E-state index >= 15 is 0 Å². The van der Waals surface area contributed by atoms with Crippen LogP contribution in [0.2, 0.25) is 0 Å². The molecule has 1 atom stereocenters. The molecule has 106 valence electrons. The Bertz CT molecular complexity index is 594. The molecule has 5 heteroatoms. The number of nitrogens with two attached hydrogens (primary N) is 1. The topological polar surface area (TPSA) is 35.2 Å². The van der Waals surface area contributed by atoms with Crippen molar-refractivity contribution in [1.29, 1.82) is 0 Å². The molecule has 0 aromatic heterocycles. The lowest BCUT2D eigenvalue weighted by atomic mass is 10.1. The summed E-state index contributed by atoms with van der Waals surface area (Å²) in [7, 11) is 0. The van der Waals surface area contributed by atoms with Gasteiger partial charge in [0.2, 0.25) is 0 Å². The fourth-order valence-corrected chi connectivity index (χ4v) is 1.86. The SMILES string of the molecule is C[C@H](N)c1ccc(F)cc1OCc1cc(F)cc(F)c1. The Morgan fingerprint density at radius 3 is 2.25 bits per heavy atom. The first kappa shape index (κ1) is 14.4. The summed E-state index contributed by atoms with van der Waals surface area (Å²) in [6, 6.07) is 6.78. The average molecular weight is 281 g/mol. The Morgan fingerprint density at radius 2 is 1.65 bits per heavy atom. The second-order valence-electron chi connectivity index (χ2n) is 4.54. The van der Waals surface area contributed by atoms with E-state index in [2.05, 4.69) is 0 Å². The first-order valence-corrected chi connectivity index (χ1v) is 6.08. The molecule has 2 rings (SSSR count). The second kappa shape index (κ2) is 5.96. The van der Waals surface area contributed by atoms with Gasteiger partial charge in [0.25, 0.3) is 0 Å². The summed E-state index contributed by atoms with van der Waals surface area (Å²) < 4.78 is 44.7. The molecule has 0 fully saturated rings. The first-order chi connectivity index (χ1) is 9.45. The Kier molecular flexibility index (Phi) is 4.29. The minimum absolute atomic E-state index is 0.0716. The standard InChI is InChI=1S/C15H14F3NO/c1-9(19)14-3-2-11(16)7-15(14)20-8-10-4-12(17)6-13(18)5-10/h2-7,9H,8,19H2,1H3/t9-/m0/s1. The van der Waals surface area contributed by atoms with Gasteiger partial charge in [-0.3, -0.25) is 0 Å². The second-order valence-corrected chi connectivity index (χ2v) is 4.54. The summed E-state index contributed by atoms with van der Waals surface area (Å²) in [4.78, 5) is 0. The van der Waals surface area contributed by atoms with Gasteiger partial charge in [-0.05, 0) is 30.7 Å². The molecule has 0 aliphatic rings. The van der Waals surface area contributed by atoms with Crippen LogP contribution in [-0.2, 0) is 6.61 Å². The summed E-state index contributed by atoms with van der Waals surface area (Å²) in [5.41, 5.74) is 6.71. The Balaban J connectivity index is 2.20. The van der Waals surface area contributed by atoms with E-state index in [1.807, 2.05) is 0 Å². The van der Waals surface area contributed by atoms with Crippen molar-refractivity contribution < 1.29 is 17.9 Å². The molecular weight excluding hydrogens is 267 g/mol. The molecule has 0 spiro atoms. The van der Waals surface area contributed by atoms with Gasteiger partial charge in [-0.1, -0.05) is 6.07 Å². The molecule has 0 amide bonds. The third-order valence-corrected chi connectivity index (χ3v) is 2.78. The number of benzene rings is 2. The van der Waals surface area contributed by atoms with E-state index in [1.54, 1.807) is 6.92 Å². The minimum Gasteiger partial charge on any atom is -0.488 e. The van der Waals surface area contributed by atoms with Gasteiger partial charge < -0.3 is 10.5 Å². The number of ether oxygens (including phenoxy) is 1. The van der Waals surface area contributed by atoms with Crippen molar-refractivity contribution in [2.24, 2.45) is 5.73 Å². The van der Waals surface area contributed by atoms with Gasteiger partial charge in [0.15, 0.2) is 0 Å². The van der Waals surface area contributed by atoms with Crippen LogP contribution in [0.3, 0.4) is 0 Å². The predicted molar refractivity (Wildman–Crippen MR) is 69.7 cm³/mol. The van der Waals surface area contributed by atoms with Gasteiger partial charge in [0.1, 0.15) is 29.8 Å². The lowest BCUT2D eigenvalue weighted by molar-refractivity contribution is 0.298. The zero-order chi connectivity index (χ0) is 14.7. The highest BCUT2D eigenvalue weighted by molar-refractivity contribution is 5.36. The van der Waals surface area contributed by atoms with Crippen molar-refractivity contribution in [3.63, 3.8) is 0 Å². The average Bonchev–Trinajstić information content (AvgIpc) is 2.35. The molecular formula is C15H14F3NO. The van der Waals surface area contributed by atoms with E-state index < -0.39 is 17.5 Å². The van der Waals surface area contributed by atoms with E-state index in [9.17, 15) is 13.2 Å². The monoisotopic (exact) mass is 281 g/mol. The third-order valence-electron chi connectivity index (χ3n) is 2.78. The summed E-state index contributed by atoms with van der Waals surface area (Å²) >= 11 is 0. The Hall–Kier alpha value is -2.01. The van der Waals surface area contributed by atoms with Crippen LogP contribution in [0.25, 0.3) is 0 Å². The van der Waals surface area contributed by atoms with E-state index in [-0.39, 0.29) is 18.4 Å². The van der Waals surface area contributed by atoms with E-state index in [0.29, 0.717) is 11.1 Å². The quantitative estimate of drug-likeness (QED) is 0.927. The molecule has 2 N–H and O–H groups in total. The Labute approximate surface area is 115 Å². The normalized spacial score (nSPS) is 12.2. The van der Waals surface area contributed by atoms with Gasteiger partial charge in [0, 0.05) is 23.7 Å². The van der Waals surface area contributed by atoms with Crippen molar-refractivity contribution in [2.75, 3.05) is 0 Å². The van der Waals surface area contributed by atoms with E-state index in [4.69, 9.17) is 10.5 Å². The Morgan fingerprint density at radius 1 is 1.00 bits per heavy atom. The molecule has 0 radical (unpaired) electrons. The highest BCUT2D eigenvalue weighted by atomic mass is 19.1. The summed E-state index contributed by atoms with van der Waals surface area (Å²) in [5.74, 6) is -1.56. The van der Waals surface area contributed by atoms with E-state index in [1.165, 1.54) is 18.2 Å². The lowest BCUT2D eigenvalue weighted by Gasteiger charge is -2.14. The van der Waals surface area contributed by atoms with Crippen LogP contribution >= 0.6 is 0 Å². The molecule has 0 saturated heterocycles. The maximum Gasteiger partial charge on any atom is 0.127 e. The van der Waals surface area contributed by atoms with Gasteiger partial charge in [-0.15, -0.1) is 0 Å². The van der Waals surface area contributed by atoms with Crippen LogP contribution in [0.15, 0.2) is 36.4 Å². The first-order valence-electron chi connectivity index (χ1n) is 6.08. The van der Waals surface area contributed by atoms with Gasteiger partial charge >= 0.3 is 0 Å². The zero-order valence-electron chi connectivity index (χ0n) is 10.9. The molecule has 2 nitrogen and oxygen atoms in total.